The fourth-order valence-corrected chi connectivity index (χ4v) is 3.86. The second-order valence-electron chi connectivity index (χ2n) is 7.84. The van der Waals surface area contributed by atoms with Crippen LogP contribution >= 0.6 is 0 Å². The van der Waals surface area contributed by atoms with Gasteiger partial charge in [-0.05, 0) is 50.6 Å². The second-order valence-corrected chi connectivity index (χ2v) is 7.84. The van der Waals surface area contributed by atoms with E-state index >= 15 is 0 Å². The van der Waals surface area contributed by atoms with Crippen molar-refractivity contribution < 1.29 is 14.0 Å². The minimum Gasteiger partial charge on any atom is -0.349 e. The molecule has 1 aromatic carbocycles. The van der Waals surface area contributed by atoms with Crippen molar-refractivity contribution in [1.82, 2.24) is 20.5 Å². The highest BCUT2D eigenvalue weighted by Gasteiger charge is 2.30. The highest BCUT2D eigenvalue weighted by Crippen LogP contribution is 2.26. The normalized spacial score (nSPS) is 18.6. The molecule has 2 atom stereocenters. The summed E-state index contributed by atoms with van der Waals surface area (Å²) in [5.41, 5.74) is 1.73. The Bertz CT molecular complexity index is 872. The third-order valence-electron chi connectivity index (χ3n) is 5.58. The number of pyridine rings is 1. The Kier molecular flexibility index (Phi) is 7.52. The monoisotopic (exact) mass is 412 g/mol. The molecular formula is C23H29FN4O2. The maximum atomic E-state index is 13.4. The van der Waals surface area contributed by atoms with E-state index < -0.39 is 0 Å². The largest absolute Gasteiger partial charge is 0.349 e. The van der Waals surface area contributed by atoms with Crippen LogP contribution in [0, 0.1) is 11.7 Å². The van der Waals surface area contributed by atoms with Crippen LogP contribution in [0.25, 0.3) is 11.3 Å². The first-order valence-corrected chi connectivity index (χ1v) is 10.4. The third kappa shape index (κ3) is 5.63. The molecule has 7 heteroatoms. The number of amides is 2. The van der Waals surface area contributed by atoms with Crippen LogP contribution < -0.4 is 10.6 Å². The van der Waals surface area contributed by atoms with Gasteiger partial charge in [0.15, 0.2) is 0 Å². The van der Waals surface area contributed by atoms with Crippen LogP contribution in [-0.2, 0) is 4.79 Å². The van der Waals surface area contributed by atoms with Gasteiger partial charge in [-0.15, -0.1) is 0 Å². The maximum Gasteiger partial charge on any atom is 0.253 e. The summed E-state index contributed by atoms with van der Waals surface area (Å²) in [7, 11) is 3.69. The molecule has 1 aliphatic carbocycles. The number of rotatable bonds is 7. The fourth-order valence-electron chi connectivity index (χ4n) is 3.86. The molecule has 2 amide bonds. The average Bonchev–Trinajstić information content (AvgIpc) is 2.77. The van der Waals surface area contributed by atoms with E-state index in [1.54, 1.807) is 29.2 Å². The number of halogens is 1. The topological polar surface area (TPSA) is 74.3 Å². The molecule has 6 nitrogen and oxygen atoms in total. The van der Waals surface area contributed by atoms with Crippen LogP contribution in [-0.4, -0.2) is 54.9 Å². The van der Waals surface area contributed by atoms with Crippen LogP contribution in [0.15, 0.2) is 42.6 Å². The summed E-state index contributed by atoms with van der Waals surface area (Å²) < 4.78 is 13.4. The predicted molar refractivity (Wildman–Crippen MR) is 114 cm³/mol. The zero-order chi connectivity index (χ0) is 21.5. The average molecular weight is 413 g/mol. The second kappa shape index (κ2) is 10.3. The molecule has 30 heavy (non-hydrogen) atoms. The van der Waals surface area contributed by atoms with Gasteiger partial charge in [-0.1, -0.05) is 18.6 Å². The van der Waals surface area contributed by atoms with Crippen molar-refractivity contribution in [2.45, 2.75) is 31.7 Å². The first-order valence-electron chi connectivity index (χ1n) is 10.4. The van der Waals surface area contributed by atoms with Crippen molar-refractivity contribution >= 4 is 11.8 Å². The van der Waals surface area contributed by atoms with Crippen molar-refractivity contribution in [3.05, 3.63) is 54.0 Å². The van der Waals surface area contributed by atoms with Crippen molar-refractivity contribution in [2.75, 3.05) is 27.2 Å². The number of aromatic nitrogens is 1. The summed E-state index contributed by atoms with van der Waals surface area (Å²) in [6, 6.07) is 9.58. The predicted octanol–water partition coefficient (Wildman–Crippen LogP) is 2.85. The molecule has 0 saturated heterocycles. The van der Waals surface area contributed by atoms with Gasteiger partial charge in [0, 0.05) is 43.9 Å². The molecule has 0 spiro atoms. The number of nitrogens with one attached hydrogen (secondary N) is 2. The highest BCUT2D eigenvalue weighted by molar-refractivity contribution is 5.94. The van der Waals surface area contributed by atoms with Gasteiger partial charge >= 0.3 is 0 Å². The number of carbonyl (C=O) groups is 2. The van der Waals surface area contributed by atoms with E-state index in [0.29, 0.717) is 29.8 Å². The van der Waals surface area contributed by atoms with E-state index in [0.717, 1.165) is 25.8 Å². The van der Waals surface area contributed by atoms with Gasteiger partial charge in [0.05, 0.1) is 11.3 Å². The zero-order valence-corrected chi connectivity index (χ0v) is 17.5. The van der Waals surface area contributed by atoms with Crippen LogP contribution in [0.4, 0.5) is 4.39 Å². The van der Waals surface area contributed by atoms with Gasteiger partial charge in [0.2, 0.25) is 5.91 Å². The Morgan fingerprint density at radius 2 is 2.07 bits per heavy atom. The molecule has 0 bridgehead atoms. The summed E-state index contributed by atoms with van der Waals surface area (Å²) in [5.74, 6) is -0.436. The van der Waals surface area contributed by atoms with Crippen molar-refractivity contribution in [3.8, 4) is 11.3 Å². The number of likely N-dealkylation sites (N-methyl/N-ethyl adjacent to an activating group) is 2. The fraction of sp³-hybridized carbons (Fsp3) is 0.435. The van der Waals surface area contributed by atoms with Crippen LogP contribution in [0.3, 0.4) is 0 Å². The molecule has 2 unspecified atom stereocenters. The molecule has 3 rings (SSSR count). The zero-order valence-electron chi connectivity index (χ0n) is 17.5. The quantitative estimate of drug-likeness (QED) is 0.733. The Labute approximate surface area is 176 Å². The summed E-state index contributed by atoms with van der Waals surface area (Å²) in [5, 5.41) is 6.10. The number of benzene rings is 1. The van der Waals surface area contributed by atoms with Crippen molar-refractivity contribution in [2.24, 2.45) is 5.92 Å². The SMILES string of the molecule is CNCCN(C)C(=O)C1CCCC(NC(=O)c2ccc(-c3cccc(F)c3)nc2)C1. The van der Waals surface area contributed by atoms with E-state index in [1.807, 2.05) is 14.1 Å². The lowest BCUT2D eigenvalue weighted by molar-refractivity contribution is -0.135. The third-order valence-corrected chi connectivity index (χ3v) is 5.58. The van der Waals surface area contributed by atoms with E-state index in [2.05, 4.69) is 15.6 Å². The minimum atomic E-state index is -0.325. The Morgan fingerprint density at radius 3 is 2.77 bits per heavy atom. The van der Waals surface area contributed by atoms with Gasteiger partial charge in [-0.3, -0.25) is 14.6 Å². The molecule has 2 aromatic rings. The first-order chi connectivity index (χ1) is 14.5. The minimum absolute atomic E-state index is 0.0270. The summed E-state index contributed by atoms with van der Waals surface area (Å²) >= 11 is 0. The number of hydrogen-bond acceptors (Lipinski definition) is 4. The Hall–Kier alpha value is -2.80. The van der Waals surface area contributed by atoms with Gasteiger partial charge in [0.1, 0.15) is 5.82 Å². The lowest BCUT2D eigenvalue weighted by Gasteiger charge is -2.31. The number of carbonyl (C=O) groups excluding carboxylic acids is 2. The van der Waals surface area contributed by atoms with Gasteiger partial charge < -0.3 is 15.5 Å². The lowest BCUT2D eigenvalue weighted by atomic mass is 9.84. The molecule has 160 valence electrons. The summed E-state index contributed by atoms with van der Waals surface area (Å²) in [4.78, 5) is 31.4. The molecule has 1 aliphatic rings. The molecule has 1 saturated carbocycles. The Balaban J connectivity index is 1.58. The summed E-state index contributed by atoms with van der Waals surface area (Å²) in [6.07, 6.45) is 4.80. The number of hydrogen-bond donors (Lipinski definition) is 2. The maximum absolute atomic E-state index is 13.4. The molecule has 2 N–H and O–H groups in total. The standard InChI is InChI=1S/C23H29FN4O2/c1-25-11-12-28(2)23(30)17-6-4-8-20(14-17)27-22(29)18-9-10-21(26-15-18)16-5-3-7-19(24)13-16/h3,5,7,9-10,13,15,17,20,25H,4,6,8,11-12,14H2,1-2H3,(H,27,29). The van der Waals surface area contributed by atoms with Crippen molar-refractivity contribution in [3.63, 3.8) is 0 Å². The van der Waals surface area contributed by atoms with Crippen LogP contribution in [0.2, 0.25) is 0 Å². The first kappa shape index (κ1) is 21.9. The van der Waals surface area contributed by atoms with Gasteiger partial charge in [-0.2, -0.15) is 0 Å². The molecule has 1 fully saturated rings. The molecule has 1 aromatic heterocycles. The molecule has 0 radical (unpaired) electrons. The molecule has 1 heterocycles. The van der Waals surface area contributed by atoms with E-state index in [1.165, 1.54) is 18.3 Å². The lowest BCUT2D eigenvalue weighted by Crippen LogP contribution is -2.44. The molecular weight excluding hydrogens is 383 g/mol. The van der Waals surface area contributed by atoms with Crippen LogP contribution in [0.1, 0.15) is 36.0 Å². The van der Waals surface area contributed by atoms with Gasteiger partial charge in [-0.25, -0.2) is 4.39 Å². The highest BCUT2D eigenvalue weighted by atomic mass is 19.1. The smallest absolute Gasteiger partial charge is 0.253 e. The van der Waals surface area contributed by atoms with E-state index in [9.17, 15) is 14.0 Å². The van der Waals surface area contributed by atoms with Gasteiger partial charge in [0.25, 0.3) is 5.91 Å². The van der Waals surface area contributed by atoms with Crippen LogP contribution in [0.5, 0.6) is 0 Å². The van der Waals surface area contributed by atoms with E-state index in [-0.39, 0.29) is 29.6 Å². The van der Waals surface area contributed by atoms with Crippen molar-refractivity contribution in [1.29, 1.82) is 0 Å². The van der Waals surface area contributed by atoms with E-state index in [4.69, 9.17) is 0 Å². The Morgan fingerprint density at radius 1 is 1.23 bits per heavy atom. The number of nitrogens with zero attached hydrogens (tertiary/aromatic N) is 2. The summed E-state index contributed by atoms with van der Waals surface area (Å²) in [6.45, 7) is 1.43. The molecule has 0 aliphatic heterocycles.